The summed E-state index contributed by atoms with van der Waals surface area (Å²) < 4.78 is 6.24. The molecule has 5 nitrogen and oxygen atoms in total. The molecule has 1 fully saturated rings. The van der Waals surface area contributed by atoms with Crippen LogP contribution in [-0.2, 0) is 11.3 Å². The maximum Gasteiger partial charge on any atom is 0.238 e. The van der Waals surface area contributed by atoms with E-state index in [9.17, 15) is 4.79 Å². The minimum absolute atomic E-state index is 0.00932. The molecule has 1 amide bonds. The smallest absolute Gasteiger partial charge is 0.238 e. The van der Waals surface area contributed by atoms with E-state index in [4.69, 9.17) is 4.74 Å². The molecule has 0 aliphatic carbocycles. The van der Waals surface area contributed by atoms with Crippen LogP contribution in [0.15, 0.2) is 53.0 Å². The predicted octanol–water partition coefficient (Wildman–Crippen LogP) is 2.68. The number of hydrazine groups is 1. The average Bonchev–Trinajstić information content (AvgIpc) is 3.10. The van der Waals surface area contributed by atoms with Gasteiger partial charge in [0.05, 0.1) is 7.11 Å². The van der Waals surface area contributed by atoms with Crippen LogP contribution in [0, 0.1) is 0 Å². The number of methoxy groups -OCH3 is 1. The van der Waals surface area contributed by atoms with Gasteiger partial charge in [0.1, 0.15) is 11.8 Å². The van der Waals surface area contributed by atoms with Crippen LogP contribution >= 0.6 is 15.9 Å². The molecule has 24 heavy (non-hydrogen) atoms. The number of rotatable bonds is 5. The van der Waals surface area contributed by atoms with Crippen molar-refractivity contribution in [3.63, 3.8) is 0 Å². The molecule has 1 saturated heterocycles. The van der Waals surface area contributed by atoms with Crippen molar-refractivity contribution in [1.82, 2.24) is 16.2 Å². The fourth-order valence-corrected chi connectivity index (χ4v) is 3.00. The molecule has 6 heteroatoms. The zero-order chi connectivity index (χ0) is 16.9. The van der Waals surface area contributed by atoms with E-state index in [0.717, 1.165) is 21.3 Å². The largest absolute Gasteiger partial charge is 0.497 e. The zero-order valence-electron chi connectivity index (χ0n) is 13.4. The number of hydrogen-bond acceptors (Lipinski definition) is 4. The molecule has 0 radical (unpaired) electrons. The first kappa shape index (κ1) is 17.0. The van der Waals surface area contributed by atoms with Gasteiger partial charge in [-0.15, -0.1) is 0 Å². The van der Waals surface area contributed by atoms with Gasteiger partial charge in [-0.2, -0.15) is 0 Å². The van der Waals surface area contributed by atoms with Crippen molar-refractivity contribution in [1.29, 1.82) is 0 Å². The Morgan fingerprint density at radius 2 is 2.04 bits per heavy atom. The van der Waals surface area contributed by atoms with Gasteiger partial charge in [0.25, 0.3) is 0 Å². The quantitative estimate of drug-likeness (QED) is 0.735. The molecule has 2 aromatic carbocycles. The number of nitrogens with one attached hydrogen (secondary N) is 3. The van der Waals surface area contributed by atoms with Gasteiger partial charge in [0.2, 0.25) is 5.91 Å². The molecule has 0 saturated carbocycles. The van der Waals surface area contributed by atoms with E-state index < -0.39 is 0 Å². The van der Waals surface area contributed by atoms with Crippen LogP contribution in [-0.4, -0.2) is 19.1 Å². The maximum atomic E-state index is 12.4. The van der Waals surface area contributed by atoms with Crippen LogP contribution in [0.5, 0.6) is 5.75 Å². The van der Waals surface area contributed by atoms with Crippen LogP contribution in [0.1, 0.15) is 23.6 Å². The first-order valence-corrected chi connectivity index (χ1v) is 8.62. The lowest BCUT2D eigenvalue weighted by Gasteiger charge is -2.11. The summed E-state index contributed by atoms with van der Waals surface area (Å²) in [4.78, 5) is 12.4. The van der Waals surface area contributed by atoms with E-state index >= 15 is 0 Å². The molecule has 1 heterocycles. The SMILES string of the molecule is COc1cccc(CNC(=O)C2CC(c3ccc(Br)cc3)NN2)c1. The second-order valence-electron chi connectivity index (χ2n) is 5.75. The minimum atomic E-state index is -0.246. The van der Waals surface area contributed by atoms with Gasteiger partial charge >= 0.3 is 0 Å². The molecule has 2 atom stereocenters. The summed E-state index contributed by atoms with van der Waals surface area (Å²) in [6.45, 7) is 0.483. The van der Waals surface area contributed by atoms with Crippen molar-refractivity contribution in [2.75, 3.05) is 7.11 Å². The van der Waals surface area contributed by atoms with Gasteiger partial charge < -0.3 is 10.1 Å². The van der Waals surface area contributed by atoms with E-state index in [2.05, 4.69) is 44.2 Å². The van der Waals surface area contributed by atoms with Crippen LogP contribution in [0.2, 0.25) is 0 Å². The number of halogens is 1. The summed E-state index contributed by atoms with van der Waals surface area (Å²) in [6, 6.07) is 15.7. The van der Waals surface area contributed by atoms with E-state index in [1.807, 2.05) is 36.4 Å². The monoisotopic (exact) mass is 389 g/mol. The van der Waals surface area contributed by atoms with Crippen molar-refractivity contribution in [2.45, 2.75) is 25.0 Å². The van der Waals surface area contributed by atoms with Crippen LogP contribution in [0.4, 0.5) is 0 Å². The van der Waals surface area contributed by atoms with Crippen molar-refractivity contribution < 1.29 is 9.53 Å². The summed E-state index contributed by atoms with van der Waals surface area (Å²) in [7, 11) is 1.63. The lowest BCUT2D eigenvalue weighted by atomic mass is 10.0. The molecular formula is C18H20BrN3O2. The van der Waals surface area contributed by atoms with Gasteiger partial charge in [-0.1, -0.05) is 40.2 Å². The van der Waals surface area contributed by atoms with Gasteiger partial charge in [-0.25, -0.2) is 10.9 Å². The molecule has 3 rings (SSSR count). The molecule has 3 N–H and O–H groups in total. The normalized spacial score (nSPS) is 19.9. The second kappa shape index (κ2) is 7.79. The third-order valence-corrected chi connectivity index (χ3v) is 4.62. The lowest BCUT2D eigenvalue weighted by Crippen LogP contribution is -2.42. The molecule has 2 aromatic rings. The summed E-state index contributed by atoms with van der Waals surface area (Å²) >= 11 is 3.43. The highest BCUT2D eigenvalue weighted by Gasteiger charge is 2.29. The number of ether oxygens (including phenoxy) is 1. The topological polar surface area (TPSA) is 62.4 Å². The molecule has 2 unspecified atom stereocenters. The summed E-state index contributed by atoms with van der Waals surface area (Å²) in [5.41, 5.74) is 8.45. The Hall–Kier alpha value is -1.89. The first-order valence-electron chi connectivity index (χ1n) is 7.83. The Morgan fingerprint density at radius 3 is 2.79 bits per heavy atom. The number of amides is 1. The minimum Gasteiger partial charge on any atom is -0.497 e. The van der Waals surface area contributed by atoms with E-state index in [-0.39, 0.29) is 18.0 Å². The van der Waals surface area contributed by atoms with Crippen molar-refractivity contribution in [2.24, 2.45) is 0 Å². The van der Waals surface area contributed by atoms with Crippen molar-refractivity contribution >= 4 is 21.8 Å². The second-order valence-corrected chi connectivity index (χ2v) is 6.67. The van der Waals surface area contributed by atoms with Crippen LogP contribution < -0.4 is 20.9 Å². The molecule has 0 bridgehead atoms. The van der Waals surface area contributed by atoms with Crippen molar-refractivity contribution in [3.05, 3.63) is 64.1 Å². The average molecular weight is 390 g/mol. The van der Waals surface area contributed by atoms with E-state index in [1.54, 1.807) is 7.11 Å². The number of benzene rings is 2. The van der Waals surface area contributed by atoms with E-state index in [0.29, 0.717) is 13.0 Å². The highest BCUT2D eigenvalue weighted by atomic mass is 79.9. The molecular weight excluding hydrogens is 370 g/mol. The van der Waals surface area contributed by atoms with Gasteiger partial charge in [-0.05, 0) is 41.8 Å². The summed E-state index contributed by atoms with van der Waals surface area (Å²) in [5.74, 6) is 0.780. The first-order chi connectivity index (χ1) is 11.7. The van der Waals surface area contributed by atoms with Crippen LogP contribution in [0.3, 0.4) is 0 Å². The van der Waals surface area contributed by atoms with E-state index in [1.165, 1.54) is 0 Å². The van der Waals surface area contributed by atoms with Crippen molar-refractivity contribution in [3.8, 4) is 5.75 Å². The third-order valence-electron chi connectivity index (χ3n) is 4.09. The Bertz CT molecular complexity index is 706. The molecule has 0 aromatic heterocycles. The summed E-state index contributed by atoms with van der Waals surface area (Å²) in [5, 5.41) is 2.97. The maximum absolute atomic E-state index is 12.4. The number of hydrogen-bond donors (Lipinski definition) is 3. The Balaban J connectivity index is 1.53. The molecule has 0 spiro atoms. The third kappa shape index (κ3) is 4.14. The molecule has 1 aliphatic rings. The highest BCUT2D eigenvalue weighted by Crippen LogP contribution is 2.23. The zero-order valence-corrected chi connectivity index (χ0v) is 15.0. The van der Waals surface area contributed by atoms with Gasteiger partial charge in [-0.3, -0.25) is 4.79 Å². The molecule has 126 valence electrons. The number of carbonyl (C=O) groups excluding carboxylic acids is 1. The fourth-order valence-electron chi connectivity index (χ4n) is 2.74. The fraction of sp³-hybridized carbons (Fsp3) is 0.278. The highest BCUT2D eigenvalue weighted by molar-refractivity contribution is 9.10. The van der Waals surface area contributed by atoms with Crippen LogP contribution in [0.25, 0.3) is 0 Å². The van der Waals surface area contributed by atoms with Gasteiger partial charge in [0.15, 0.2) is 0 Å². The molecule has 1 aliphatic heterocycles. The Morgan fingerprint density at radius 1 is 1.25 bits per heavy atom. The predicted molar refractivity (Wildman–Crippen MR) is 96.4 cm³/mol. The van der Waals surface area contributed by atoms with Gasteiger partial charge in [0, 0.05) is 17.1 Å². The standard InChI is InChI=1S/C18H20BrN3O2/c1-24-15-4-2-3-12(9-15)11-20-18(23)17-10-16(21-22-17)13-5-7-14(19)8-6-13/h2-9,16-17,21-22H,10-11H2,1H3,(H,20,23). The lowest BCUT2D eigenvalue weighted by molar-refractivity contribution is -0.123. The Labute approximate surface area is 149 Å². The number of carbonyl (C=O) groups is 1. The summed E-state index contributed by atoms with van der Waals surface area (Å²) in [6.07, 6.45) is 0.714. The Kier molecular flexibility index (Phi) is 5.50.